The van der Waals surface area contributed by atoms with Crippen LogP contribution in [0.5, 0.6) is 5.75 Å². The number of carbonyl (C=O) groups excluding carboxylic acids is 8. The standard InChI is InChI=1S/C36H48N8O10S/c1-18(37)29(47)43-27(16-45)34(52)39-21(4)32(50)44-28-17-55-36(54)26(15-22-8-6-5-7-9-22)42-33(51)25(14-23-10-12-24(46)13-11-23)41-31(49)20(3)38-30(48)19(2)40-35(28)53/h5-13,18-21,25-28,45-46H,14-17,37H2,1-4H3,(H,38,48)(H,39,52)(H,40,53)(H,41,49)(H,42,51)(H,43,47)(H,44,50)/t18-,19-,20-,21-,25-,26-,27-,28-/m0/s1. The van der Waals surface area contributed by atoms with Crippen molar-refractivity contribution in [1.29, 1.82) is 0 Å². The number of amides is 7. The SMILES string of the molecule is C[C@H](N)C(=O)N[C@@H](CO)C(=O)N[C@@H](C)C(=O)N[C@H]1CSC(=O)[C@H](Cc2ccccc2)NC(=O)[C@H](Cc2ccc(O)cc2)NC(=O)[C@H](C)NC(=O)[C@H](C)NC1=O. The van der Waals surface area contributed by atoms with Gasteiger partial charge in [0.1, 0.15) is 48.0 Å². The van der Waals surface area contributed by atoms with Gasteiger partial charge in [-0.3, -0.25) is 38.4 Å². The number of aromatic hydroxyl groups is 1. The number of nitrogens with two attached hydrogens (primary N) is 1. The van der Waals surface area contributed by atoms with Crippen LogP contribution in [0.1, 0.15) is 38.8 Å². The van der Waals surface area contributed by atoms with Crippen molar-refractivity contribution in [1.82, 2.24) is 37.2 Å². The van der Waals surface area contributed by atoms with Gasteiger partial charge in [0.05, 0.1) is 12.6 Å². The van der Waals surface area contributed by atoms with E-state index in [4.69, 9.17) is 5.73 Å². The van der Waals surface area contributed by atoms with E-state index in [-0.39, 0.29) is 24.3 Å². The first-order chi connectivity index (χ1) is 26.0. The van der Waals surface area contributed by atoms with Crippen LogP contribution in [0.15, 0.2) is 54.6 Å². The minimum atomic E-state index is -1.47. The van der Waals surface area contributed by atoms with E-state index in [9.17, 15) is 48.6 Å². The number of phenolic OH excluding ortho intramolecular Hbond substituents is 1. The number of carbonyl (C=O) groups is 8. The molecule has 1 fully saturated rings. The van der Waals surface area contributed by atoms with E-state index in [0.29, 0.717) is 22.9 Å². The molecule has 1 aliphatic heterocycles. The van der Waals surface area contributed by atoms with Gasteiger partial charge in [0.2, 0.25) is 46.5 Å². The molecular formula is C36H48N8O10S. The largest absolute Gasteiger partial charge is 0.508 e. The number of nitrogens with one attached hydrogen (secondary N) is 7. The van der Waals surface area contributed by atoms with Gasteiger partial charge in [-0.2, -0.15) is 0 Å². The number of phenols is 1. The summed E-state index contributed by atoms with van der Waals surface area (Å²) >= 11 is 0.624. The molecule has 0 radical (unpaired) electrons. The second-order valence-electron chi connectivity index (χ2n) is 13.1. The summed E-state index contributed by atoms with van der Waals surface area (Å²) in [7, 11) is 0. The molecule has 0 spiro atoms. The van der Waals surface area contributed by atoms with Crippen molar-refractivity contribution in [2.75, 3.05) is 12.4 Å². The van der Waals surface area contributed by atoms with Crippen LogP contribution in [-0.2, 0) is 51.2 Å². The average molecular weight is 785 g/mol. The van der Waals surface area contributed by atoms with E-state index in [1.807, 2.05) is 0 Å². The van der Waals surface area contributed by atoms with E-state index >= 15 is 0 Å². The van der Waals surface area contributed by atoms with Gasteiger partial charge in [0, 0.05) is 18.6 Å². The second kappa shape index (κ2) is 20.8. The third-order valence-electron chi connectivity index (χ3n) is 8.40. The molecule has 1 saturated heterocycles. The van der Waals surface area contributed by atoms with Crippen molar-refractivity contribution in [2.24, 2.45) is 5.73 Å². The number of aliphatic hydroxyl groups is 1. The van der Waals surface area contributed by atoms with Gasteiger partial charge in [-0.15, -0.1) is 0 Å². The number of hydrogen-bond donors (Lipinski definition) is 10. The Hall–Kier alpha value is -5.53. The maximum absolute atomic E-state index is 13.9. The van der Waals surface area contributed by atoms with E-state index in [1.165, 1.54) is 39.8 Å². The van der Waals surface area contributed by atoms with Crippen molar-refractivity contribution in [2.45, 2.75) is 88.9 Å². The third-order valence-corrected chi connectivity index (χ3v) is 9.47. The van der Waals surface area contributed by atoms with Crippen LogP contribution in [-0.4, -0.2) is 117 Å². The normalized spacial score (nSPS) is 23.1. The molecule has 18 nitrogen and oxygen atoms in total. The predicted molar refractivity (Wildman–Crippen MR) is 201 cm³/mol. The molecule has 2 aromatic carbocycles. The number of thioether (sulfide) groups is 1. The number of benzene rings is 2. The van der Waals surface area contributed by atoms with Crippen LogP contribution < -0.4 is 43.0 Å². The monoisotopic (exact) mass is 784 g/mol. The Bertz CT molecular complexity index is 1710. The first-order valence-corrected chi connectivity index (χ1v) is 18.4. The second-order valence-corrected chi connectivity index (χ2v) is 14.1. The fourth-order valence-corrected chi connectivity index (χ4v) is 6.00. The van der Waals surface area contributed by atoms with Crippen LogP contribution >= 0.6 is 11.8 Å². The molecule has 0 aliphatic carbocycles. The summed E-state index contributed by atoms with van der Waals surface area (Å²) in [6.45, 7) is 4.56. The lowest BCUT2D eigenvalue weighted by Crippen LogP contribution is -2.60. The summed E-state index contributed by atoms with van der Waals surface area (Å²) in [5, 5.41) is 36.1. The third kappa shape index (κ3) is 13.7. The molecule has 1 aliphatic rings. The molecule has 0 bridgehead atoms. The lowest BCUT2D eigenvalue weighted by Gasteiger charge is -2.27. The van der Waals surface area contributed by atoms with Crippen molar-refractivity contribution >= 4 is 58.2 Å². The summed E-state index contributed by atoms with van der Waals surface area (Å²) in [4.78, 5) is 106. The Labute approximate surface area is 321 Å². The first-order valence-electron chi connectivity index (χ1n) is 17.5. The molecule has 55 heavy (non-hydrogen) atoms. The van der Waals surface area contributed by atoms with E-state index < -0.39 is 101 Å². The summed E-state index contributed by atoms with van der Waals surface area (Å²) in [5.74, 6) is -6.03. The molecule has 0 unspecified atom stereocenters. The van der Waals surface area contributed by atoms with Gasteiger partial charge in [0.15, 0.2) is 0 Å². The van der Waals surface area contributed by atoms with Crippen molar-refractivity contribution < 1.29 is 48.6 Å². The zero-order valence-corrected chi connectivity index (χ0v) is 31.6. The highest BCUT2D eigenvalue weighted by Gasteiger charge is 2.33. The molecule has 7 amide bonds. The highest BCUT2D eigenvalue weighted by Crippen LogP contribution is 2.16. The molecule has 8 atom stereocenters. The zero-order chi connectivity index (χ0) is 40.8. The molecule has 1 heterocycles. The maximum atomic E-state index is 13.9. The van der Waals surface area contributed by atoms with Gasteiger partial charge in [-0.1, -0.05) is 54.2 Å². The quantitative estimate of drug-likeness (QED) is 0.111. The zero-order valence-electron chi connectivity index (χ0n) is 30.8. The number of aliphatic hydroxyl groups excluding tert-OH is 1. The van der Waals surface area contributed by atoms with Gasteiger partial charge in [0.25, 0.3) is 0 Å². The van der Waals surface area contributed by atoms with Gasteiger partial charge in [-0.25, -0.2) is 0 Å². The molecule has 11 N–H and O–H groups in total. The van der Waals surface area contributed by atoms with Gasteiger partial charge >= 0.3 is 0 Å². The first kappa shape index (κ1) is 43.9. The minimum Gasteiger partial charge on any atom is -0.508 e. The Morgan fingerprint density at radius 1 is 0.745 bits per heavy atom. The molecule has 2 aromatic rings. The summed E-state index contributed by atoms with van der Waals surface area (Å²) in [6.07, 6.45) is -0.00959. The molecule has 0 saturated carbocycles. The molecule has 19 heteroatoms. The lowest BCUT2D eigenvalue weighted by atomic mass is 10.0. The molecule has 298 valence electrons. The number of rotatable bonds is 11. The Morgan fingerprint density at radius 3 is 1.89 bits per heavy atom. The number of hydrogen-bond acceptors (Lipinski definition) is 12. The Balaban J connectivity index is 1.91. The summed E-state index contributed by atoms with van der Waals surface area (Å²) in [5.41, 5.74) is 6.77. The van der Waals surface area contributed by atoms with E-state index in [2.05, 4.69) is 37.2 Å². The molecule has 3 rings (SSSR count). The van der Waals surface area contributed by atoms with Crippen molar-refractivity contribution in [3.8, 4) is 5.75 Å². The van der Waals surface area contributed by atoms with Crippen LogP contribution in [0.3, 0.4) is 0 Å². The van der Waals surface area contributed by atoms with Crippen LogP contribution in [0, 0.1) is 0 Å². The van der Waals surface area contributed by atoms with Crippen molar-refractivity contribution in [3.05, 3.63) is 65.7 Å². The smallest absolute Gasteiger partial charge is 0.245 e. The highest BCUT2D eigenvalue weighted by molar-refractivity contribution is 8.13. The van der Waals surface area contributed by atoms with Gasteiger partial charge in [-0.05, 0) is 51.0 Å². The summed E-state index contributed by atoms with van der Waals surface area (Å²) in [6, 6.07) is 4.71. The highest BCUT2D eigenvalue weighted by atomic mass is 32.2. The van der Waals surface area contributed by atoms with Crippen LogP contribution in [0.25, 0.3) is 0 Å². The van der Waals surface area contributed by atoms with E-state index in [0.717, 1.165) is 0 Å². The lowest BCUT2D eigenvalue weighted by molar-refractivity contribution is -0.135. The topological polar surface area (TPSA) is 287 Å². The molecular weight excluding hydrogens is 737 g/mol. The summed E-state index contributed by atoms with van der Waals surface area (Å²) < 4.78 is 0. The van der Waals surface area contributed by atoms with Crippen LogP contribution in [0.4, 0.5) is 0 Å². The van der Waals surface area contributed by atoms with E-state index in [1.54, 1.807) is 42.5 Å². The molecule has 0 aromatic heterocycles. The fraction of sp³-hybridized carbons (Fsp3) is 0.444. The minimum absolute atomic E-state index is 0.00892. The maximum Gasteiger partial charge on any atom is 0.245 e. The fourth-order valence-electron chi connectivity index (χ4n) is 5.10. The Kier molecular flexibility index (Phi) is 16.6. The van der Waals surface area contributed by atoms with Crippen LogP contribution in [0.2, 0.25) is 0 Å². The average Bonchev–Trinajstić information content (AvgIpc) is 3.14. The van der Waals surface area contributed by atoms with Gasteiger partial charge < -0.3 is 53.2 Å². The predicted octanol–water partition coefficient (Wildman–Crippen LogP) is -2.76. The Morgan fingerprint density at radius 2 is 1.29 bits per heavy atom. The van der Waals surface area contributed by atoms with Crippen molar-refractivity contribution in [3.63, 3.8) is 0 Å².